The van der Waals surface area contributed by atoms with Gasteiger partial charge in [0.05, 0.1) is 0 Å². The summed E-state index contributed by atoms with van der Waals surface area (Å²) in [5, 5.41) is 8.60. The summed E-state index contributed by atoms with van der Waals surface area (Å²) in [6.45, 7) is 0. The van der Waals surface area contributed by atoms with Crippen molar-refractivity contribution >= 4 is 13.9 Å². The molecule has 0 radical (unpaired) electrons. The van der Waals surface area contributed by atoms with E-state index < -0.39 is 12.0 Å². The zero-order valence-corrected chi connectivity index (χ0v) is 8.78. The summed E-state index contributed by atoms with van der Waals surface area (Å²) in [4.78, 5) is 10.5. The van der Waals surface area contributed by atoms with Crippen molar-refractivity contribution < 1.29 is 14.5 Å². The van der Waals surface area contributed by atoms with Crippen LogP contribution in [0.2, 0.25) is 0 Å². The molecule has 15 heavy (non-hydrogen) atoms. The van der Waals surface area contributed by atoms with Crippen molar-refractivity contribution in [2.45, 2.75) is 12.5 Å². The Balaban J connectivity index is 2.75. The van der Waals surface area contributed by atoms with Crippen LogP contribution in [-0.2, 0) is 15.8 Å². The summed E-state index contributed by atoms with van der Waals surface area (Å²) in [7, 11) is -0.167. The fraction of sp³-hybridized carbons (Fsp3) is 0.200. The average molecular weight is 223 g/mol. The molecule has 1 unspecified atom stereocenters. The second-order valence-corrected chi connectivity index (χ2v) is 3.46. The molecule has 0 saturated carbocycles. The number of hydrogen-bond acceptors (Lipinski definition) is 3. The van der Waals surface area contributed by atoms with Crippen LogP contribution >= 0.6 is 7.92 Å². The number of carbonyl (C=O) groups is 1. The molecule has 0 fully saturated rings. The van der Waals surface area contributed by atoms with Crippen LogP contribution in [0.5, 0.6) is 0 Å². The molecule has 0 amide bonds. The van der Waals surface area contributed by atoms with E-state index >= 15 is 0 Å². The first-order valence-electron chi connectivity index (χ1n) is 4.29. The number of carboxylic acids is 1. The van der Waals surface area contributed by atoms with E-state index in [1.807, 2.05) is 0 Å². The van der Waals surface area contributed by atoms with Crippen molar-refractivity contribution in [3.63, 3.8) is 0 Å². The molecule has 0 aromatic heterocycles. The van der Waals surface area contributed by atoms with Crippen LogP contribution in [0.25, 0.3) is 0 Å². The van der Waals surface area contributed by atoms with Gasteiger partial charge < -0.3 is 0 Å². The van der Waals surface area contributed by atoms with E-state index in [-0.39, 0.29) is 14.3 Å². The first kappa shape index (κ1) is 11.7. The van der Waals surface area contributed by atoms with Gasteiger partial charge in [0.15, 0.2) is 0 Å². The van der Waals surface area contributed by atoms with Crippen LogP contribution in [0.4, 0.5) is 0 Å². The Kier molecular flexibility index (Phi) is 4.32. The Labute approximate surface area is 88.2 Å². The number of hydrogen-bond donors (Lipinski definition) is 2. The quantitative estimate of drug-likeness (QED) is 0.755. The second-order valence-electron chi connectivity index (χ2n) is 3.05. The van der Waals surface area contributed by atoms with Crippen LogP contribution in [0.15, 0.2) is 24.3 Å². The maximum atomic E-state index is 10.5. The second kappa shape index (κ2) is 5.52. The van der Waals surface area contributed by atoms with Gasteiger partial charge in [-0.05, 0) is 0 Å². The molecule has 0 saturated heterocycles. The summed E-state index contributed by atoms with van der Waals surface area (Å²) in [6, 6.07) is 6.04. The number of benzene rings is 1. The van der Waals surface area contributed by atoms with E-state index in [1.54, 1.807) is 24.3 Å². The number of rotatable bonds is 3. The summed E-state index contributed by atoms with van der Waals surface area (Å²) in [5.74, 6) is -1.02. The Bertz CT molecular complexity index is 449. The van der Waals surface area contributed by atoms with E-state index in [4.69, 9.17) is 10.8 Å². The van der Waals surface area contributed by atoms with E-state index in [9.17, 15) is 9.36 Å². The molecule has 1 rings (SSSR count). The van der Waals surface area contributed by atoms with Crippen molar-refractivity contribution in [3.05, 3.63) is 35.4 Å². The molecular weight excluding hydrogens is 213 g/mol. The van der Waals surface area contributed by atoms with Gasteiger partial charge in [0.2, 0.25) is 0 Å². The van der Waals surface area contributed by atoms with E-state index in [1.165, 1.54) is 0 Å². The third-order valence-electron chi connectivity index (χ3n) is 1.90. The molecule has 5 heteroatoms. The average Bonchev–Trinajstić information content (AvgIpc) is 2.21. The van der Waals surface area contributed by atoms with Gasteiger partial charge in [-0.15, -0.1) is 0 Å². The Morgan fingerprint density at radius 1 is 1.47 bits per heavy atom. The summed E-state index contributed by atoms with van der Waals surface area (Å²) >= 11 is 0. The van der Waals surface area contributed by atoms with Crippen molar-refractivity contribution in [3.8, 4) is 5.63 Å². The third-order valence-corrected chi connectivity index (χ3v) is 2.25. The fourth-order valence-corrected chi connectivity index (χ4v) is 1.36. The van der Waals surface area contributed by atoms with Gasteiger partial charge >= 0.3 is 87.6 Å². The van der Waals surface area contributed by atoms with Crippen molar-refractivity contribution in [2.75, 3.05) is 0 Å². The van der Waals surface area contributed by atoms with Crippen LogP contribution in [0.1, 0.15) is 11.1 Å². The van der Waals surface area contributed by atoms with E-state index in [0.717, 1.165) is 5.56 Å². The molecule has 1 atom stereocenters. The molecule has 0 spiro atoms. The Morgan fingerprint density at radius 2 is 2.07 bits per heavy atom. The van der Waals surface area contributed by atoms with Crippen LogP contribution in [0.3, 0.4) is 0 Å². The van der Waals surface area contributed by atoms with Gasteiger partial charge in [0.25, 0.3) is 0 Å². The minimum atomic E-state index is -1.02. The predicted octanol–water partition coefficient (Wildman–Crippen LogP) is 1.24. The number of aliphatic carboxylic acids is 1. The Morgan fingerprint density at radius 3 is 2.53 bits per heavy atom. The number of nitrogens with two attached hydrogens (primary N) is 1. The zero-order valence-electron chi connectivity index (χ0n) is 7.88. The SMILES string of the molecule is NC(Cc1ccc(C#P=O)cc1)C(=O)O. The summed E-state index contributed by atoms with van der Waals surface area (Å²) in [6.07, 6.45) is 0.282. The van der Waals surface area contributed by atoms with Crippen LogP contribution in [0, 0.1) is 5.63 Å². The molecule has 0 bridgehead atoms. The van der Waals surface area contributed by atoms with E-state index in [0.29, 0.717) is 5.56 Å². The van der Waals surface area contributed by atoms with Gasteiger partial charge in [0, 0.05) is 0 Å². The topological polar surface area (TPSA) is 80.4 Å². The molecule has 0 aliphatic rings. The molecule has 3 N–H and O–H groups in total. The van der Waals surface area contributed by atoms with Crippen molar-refractivity contribution in [1.82, 2.24) is 0 Å². The Hall–Kier alpha value is -1.34. The standard InChI is InChI=1S/C10H10NO3P/c11-9(10(12)13)5-7-1-3-8(4-2-7)6-15-14/h1-4,9H,5,11H2,(H,12,13). The molecular formula is C10H10NO3P. The third kappa shape index (κ3) is 3.72. The van der Waals surface area contributed by atoms with Gasteiger partial charge in [-0.25, -0.2) is 0 Å². The first-order valence-corrected chi connectivity index (χ1v) is 5.10. The molecule has 4 nitrogen and oxygen atoms in total. The van der Waals surface area contributed by atoms with Crippen LogP contribution in [-0.4, -0.2) is 17.1 Å². The van der Waals surface area contributed by atoms with Gasteiger partial charge in [0.1, 0.15) is 0 Å². The molecule has 0 heterocycles. The fourth-order valence-electron chi connectivity index (χ4n) is 1.11. The molecule has 78 valence electrons. The monoisotopic (exact) mass is 223 g/mol. The molecule has 0 aliphatic carbocycles. The van der Waals surface area contributed by atoms with Gasteiger partial charge in [-0.3, -0.25) is 0 Å². The summed E-state index contributed by atoms with van der Waals surface area (Å²) in [5.41, 5.74) is 9.50. The molecule has 1 aromatic carbocycles. The van der Waals surface area contributed by atoms with Crippen molar-refractivity contribution in [1.29, 1.82) is 0 Å². The maximum absolute atomic E-state index is 10.5. The minimum absolute atomic E-state index is 0.167. The van der Waals surface area contributed by atoms with Gasteiger partial charge in [-0.2, -0.15) is 0 Å². The predicted molar refractivity (Wildman–Crippen MR) is 56.4 cm³/mol. The van der Waals surface area contributed by atoms with E-state index in [2.05, 4.69) is 5.63 Å². The molecule has 0 aliphatic heterocycles. The first-order chi connectivity index (χ1) is 7.13. The zero-order chi connectivity index (χ0) is 11.3. The van der Waals surface area contributed by atoms with Gasteiger partial charge in [-0.1, -0.05) is 0 Å². The normalized spacial score (nSPS) is 11.5. The van der Waals surface area contributed by atoms with Crippen LogP contribution < -0.4 is 5.73 Å². The summed E-state index contributed by atoms with van der Waals surface area (Å²) < 4.78 is 10.2. The van der Waals surface area contributed by atoms with Crippen molar-refractivity contribution in [2.24, 2.45) is 5.73 Å². The molecule has 1 aromatic rings. The number of carboxylic acid groups (broad SMARTS) is 1.